The third-order valence-corrected chi connectivity index (χ3v) is 5.00. The summed E-state index contributed by atoms with van der Waals surface area (Å²) in [6.45, 7) is 5.66. The Balaban J connectivity index is 1.50. The topological polar surface area (TPSA) is 64.7 Å². The van der Waals surface area contributed by atoms with Gasteiger partial charge in [-0.1, -0.05) is 23.9 Å². The van der Waals surface area contributed by atoms with Crippen molar-refractivity contribution in [3.05, 3.63) is 60.4 Å². The van der Waals surface area contributed by atoms with E-state index in [1.54, 1.807) is 18.7 Å². The SMILES string of the molecule is Cc1ccc(C)c(-n2ccnc2SCC(=O)NCCCn2ccnc2)c1. The van der Waals surface area contributed by atoms with Crippen molar-refractivity contribution >= 4 is 17.7 Å². The van der Waals surface area contributed by atoms with E-state index in [9.17, 15) is 4.79 Å². The van der Waals surface area contributed by atoms with Gasteiger partial charge in [-0.3, -0.25) is 9.36 Å². The normalized spacial score (nSPS) is 10.8. The minimum absolute atomic E-state index is 0.0242. The van der Waals surface area contributed by atoms with Gasteiger partial charge < -0.3 is 9.88 Å². The van der Waals surface area contributed by atoms with E-state index in [-0.39, 0.29) is 5.91 Å². The maximum Gasteiger partial charge on any atom is 0.230 e. The van der Waals surface area contributed by atoms with Crippen LogP contribution >= 0.6 is 11.8 Å². The van der Waals surface area contributed by atoms with E-state index < -0.39 is 0 Å². The minimum atomic E-state index is 0.0242. The molecular formula is C19H23N5OS. The second-order valence-electron chi connectivity index (χ2n) is 6.16. The molecule has 2 aromatic heterocycles. The number of nitrogens with zero attached hydrogens (tertiary/aromatic N) is 4. The van der Waals surface area contributed by atoms with Gasteiger partial charge in [-0.2, -0.15) is 0 Å². The van der Waals surface area contributed by atoms with Crippen molar-refractivity contribution in [1.29, 1.82) is 0 Å². The van der Waals surface area contributed by atoms with Gasteiger partial charge in [0.2, 0.25) is 5.91 Å². The lowest BCUT2D eigenvalue weighted by Crippen LogP contribution is -2.27. The largest absolute Gasteiger partial charge is 0.355 e. The Labute approximate surface area is 157 Å². The number of thioether (sulfide) groups is 1. The Hall–Kier alpha value is -2.54. The number of benzene rings is 1. The fraction of sp³-hybridized carbons (Fsp3) is 0.316. The van der Waals surface area contributed by atoms with Gasteiger partial charge in [0.25, 0.3) is 0 Å². The van der Waals surface area contributed by atoms with Gasteiger partial charge in [-0.05, 0) is 37.5 Å². The molecule has 7 heteroatoms. The number of hydrogen-bond donors (Lipinski definition) is 1. The van der Waals surface area contributed by atoms with Crippen molar-refractivity contribution in [2.75, 3.05) is 12.3 Å². The van der Waals surface area contributed by atoms with Crippen LogP contribution in [-0.4, -0.2) is 37.3 Å². The Morgan fingerprint density at radius 2 is 2.12 bits per heavy atom. The lowest BCUT2D eigenvalue weighted by atomic mass is 10.1. The predicted molar refractivity (Wildman–Crippen MR) is 104 cm³/mol. The molecule has 1 amide bonds. The average molecular weight is 369 g/mol. The molecule has 0 saturated heterocycles. The molecule has 0 spiro atoms. The number of carbonyl (C=O) groups is 1. The van der Waals surface area contributed by atoms with Crippen molar-refractivity contribution in [3.63, 3.8) is 0 Å². The van der Waals surface area contributed by atoms with Crippen LogP contribution in [0.3, 0.4) is 0 Å². The number of aryl methyl sites for hydroxylation is 3. The molecule has 3 rings (SSSR count). The zero-order chi connectivity index (χ0) is 18.4. The first kappa shape index (κ1) is 18.3. The average Bonchev–Trinajstić information content (AvgIpc) is 3.30. The molecule has 0 aliphatic carbocycles. The summed E-state index contributed by atoms with van der Waals surface area (Å²) in [5.74, 6) is 0.378. The molecule has 136 valence electrons. The number of hydrogen-bond acceptors (Lipinski definition) is 4. The van der Waals surface area contributed by atoms with Gasteiger partial charge in [-0.15, -0.1) is 0 Å². The molecule has 0 bridgehead atoms. The second-order valence-corrected chi connectivity index (χ2v) is 7.10. The van der Waals surface area contributed by atoms with Crippen LogP contribution in [0.5, 0.6) is 0 Å². The van der Waals surface area contributed by atoms with E-state index in [2.05, 4.69) is 47.3 Å². The third kappa shape index (κ3) is 4.76. The Kier molecular flexibility index (Phi) is 6.12. The summed E-state index contributed by atoms with van der Waals surface area (Å²) >= 11 is 1.45. The monoisotopic (exact) mass is 369 g/mol. The summed E-state index contributed by atoms with van der Waals surface area (Å²) in [5.41, 5.74) is 3.48. The van der Waals surface area contributed by atoms with Crippen LogP contribution in [0.15, 0.2) is 54.5 Å². The highest BCUT2D eigenvalue weighted by atomic mass is 32.2. The standard InChI is InChI=1S/C19H23N5OS/c1-15-4-5-16(2)17(12-15)24-11-8-22-19(24)26-13-18(25)21-6-3-9-23-10-7-20-14-23/h4-5,7-8,10-12,14H,3,6,9,13H2,1-2H3,(H,21,25). The van der Waals surface area contributed by atoms with Gasteiger partial charge in [0.05, 0.1) is 17.8 Å². The number of rotatable bonds is 8. The van der Waals surface area contributed by atoms with Crippen molar-refractivity contribution in [2.24, 2.45) is 0 Å². The fourth-order valence-corrected chi connectivity index (χ4v) is 3.44. The van der Waals surface area contributed by atoms with E-state index in [1.807, 2.05) is 21.5 Å². The maximum atomic E-state index is 12.1. The summed E-state index contributed by atoms with van der Waals surface area (Å²) in [7, 11) is 0. The molecule has 26 heavy (non-hydrogen) atoms. The molecule has 0 fully saturated rings. The Bertz CT molecular complexity index is 857. The lowest BCUT2D eigenvalue weighted by Gasteiger charge is -2.11. The van der Waals surface area contributed by atoms with E-state index in [0.717, 1.165) is 23.8 Å². The summed E-state index contributed by atoms with van der Waals surface area (Å²) in [6.07, 6.45) is 10.0. The zero-order valence-corrected chi connectivity index (χ0v) is 15.9. The van der Waals surface area contributed by atoms with E-state index in [1.165, 1.54) is 22.9 Å². The summed E-state index contributed by atoms with van der Waals surface area (Å²) in [4.78, 5) is 20.5. The van der Waals surface area contributed by atoms with Crippen LogP contribution < -0.4 is 5.32 Å². The fourth-order valence-electron chi connectivity index (χ4n) is 2.65. The quantitative estimate of drug-likeness (QED) is 0.490. The zero-order valence-electron chi connectivity index (χ0n) is 15.1. The highest BCUT2D eigenvalue weighted by Gasteiger charge is 2.10. The molecule has 1 N–H and O–H groups in total. The molecule has 0 saturated carbocycles. The van der Waals surface area contributed by atoms with Gasteiger partial charge in [0, 0.05) is 37.9 Å². The highest BCUT2D eigenvalue weighted by molar-refractivity contribution is 7.99. The van der Waals surface area contributed by atoms with Crippen molar-refractivity contribution in [1.82, 2.24) is 24.4 Å². The van der Waals surface area contributed by atoms with Crippen molar-refractivity contribution in [2.45, 2.75) is 32.0 Å². The first-order valence-corrected chi connectivity index (χ1v) is 9.58. The number of carbonyl (C=O) groups excluding carboxylic acids is 1. The predicted octanol–water partition coefficient (Wildman–Crippen LogP) is 2.98. The molecule has 3 aromatic rings. The number of amides is 1. The molecule has 0 atom stereocenters. The highest BCUT2D eigenvalue weighted by Crippen LogP contribution is 2.23. The molecule has 0 aliphatic rings. The number of aromatic nitrogens is 4. The van der Waals surface area contributed by atoms with Gasteiger partial charge in [0.15, 0.2) is 5.16 Å². The van der Waals surface area contributed by atoms with E-state index in [0.29, 0.717) is 12.3 Å². The lowest BCUT2D eigenvalue weighted by molar-refractivity contribution is -0.118. The molecule has 0 unspecified atom stereocenters. The Morgan fingerprint density at radius 1 is 1.23 bits per heavy atom. The molecule has 2 heterocycles. The molecule has 6 nitrogen and oxygen atoms in total. The van der Waals surface area contributed by atoms with Crippen LogP contribution in [0, 0.1) is 13.8 Å². The minimum Gasteiger partial charge on any atom is -0.355 e. The maximum absolute atomic E-state index is 12.1. The smallest absolute Gasteiger partial charge is 0.230 e. The third-order valence-electron chi connectivity index (χ3n) is 4.04. The van der Waals surface area contributed by atoms with Gasteiger partial charge >= 0.3 is 0 Å². The second kappa shape index (κ2) is 8.71. The van der Waals surface area contributed by atoms with Crippen molar-refractivity contribution in [3.8, 4) is 5.69 Å². The van der Waals surface area contributed by atoms with Crippen LogP contribution in [0.2, 0.25) is 0 Å². The molecular weight excluding hydrogens is 346 g/mol. The van der Waals surface area contributed by atoms with E-state index >= 15 is 0 Å². The summed E-state index contributed by atoms with van der Waals surface area (Å²) < 4.78 is 4.04. The van der Waals surface area contributed by atoms with E-state index in [4.69, 9.17) is 0 Å². The van der Waals surface area contributed by atoms with Gasteiger partial charge in [0.1, 0.15) is 0 Å². The number of imidazole rings is 2. The number of nitrogens with one attached hydrogen (secondary N) is 1. The van der Waals surface area contributed by atoms with Crippen LogP contribution in [0.25, 0.3) is 5.69 Å². The molecule has 0 radical (unpaired) electrons. The summed E-state index contributed by atoms with van der Waals surface area (Å²) in [6, 6.07) is 6.34. The van der Waals surface area contributed by atoms with Crippen LogP contribution in [0.1, 0.15) is 17.5 Å². The first-order chi connectivity index (χ1) is 12.6. The molecule has 0 aliphatic heterocycles. The van der Waals surface area contributed by atoms with Crippen LogP contribution in [0.4, 0.5) is 0 Å². The first-order valence-electron chi connectivity index (χ1n) is 8.59. The van der Waals surface area contributed by atoms with Crippen LogP contribution in [-0.2, 0) is 11.3 Å². The van der Waals surface area contributed by atoms with Gasteiger partial charge in [-0.25, -0.2) is 9.97 Å². The Morgan fingerprint density at radius 3 is 2.92 bits per heavy atom. The summed E-state index contributed by atoms with van der Waals surface area (Å²) in [5, 5.41) is 3.78. The molecule has 1 aromatic carbocycles. The van der Waals surface area contributed by atoms with Crippen molar-refractivity contribution < 1.29 is 4.79 Å².